The van der Waals surface area contributed by atoms with Gasteiger partial charge in [0.1, 0.15) is 5.82 Å². The van der Waals surface area contributed by atoms with Gasteiger partial charge >= 0.3 is 0 Å². The second kappa shape index (κ2) is 9.66. The number of carbonyl (C=O) groups is 1. The van der Waals surface area contributed by atoms with E-state index in [1.165, 1.54) is 29.7 Å². The molecule has 0 bridgehead atoms. The summed E-state index contributed by atoms with van der Waals surface area (Å²) in [7, 11) is 0. The molecule has 2 aromatic heterocycles. The largest absolute Gasteiger partial charge is 0.310 e. The van der Waals surface area contributed by atoms with Gasteiger partial charge < -0.3 is 10.3 Å². The molecule has 6 nitrogen and oxygen atoms in total. The van der Waals surface area contributed by atoms with Gasteiger partial charge in [0, 0.05) is 23.8 Å². The van der Waals surface area contributed by atoms with E-state index < -0.39 is 0 Å². The SMILES string of the molecule is CCCCc1ccc(-c2csc(NC(=O)CCc3nc4ccccc4c(=O)[nH]3)n2)cc1. The Balaban J connectivity index is 1.35. The van der Waals surface area contributed by atoms with Gasteiger partial charge in [-0.25, -0.2) is 9.97 Å². The number of rotatable bonds is 8. The zero-order chi connectivity index (χ0) is 21.6. The number of aromatic nitrogens is 3. The molecule has 158 valence electrons. The van der Waals surface area contributed by atoms with Crippen molar-refractivity contribution in [2.75, 3.05) is 5.32 Å². The van der Waals surface area contributed by atoms with Gasteiger partial charge in [-0.1, -0.05) is 49.7 Å². The van der Waals surface area contributed by atoms with Gasteiger partial charge in [0.25, 0.3) is 5.56 Å². The van der Waals surface area contributed by atoms with Crippen LogP contribution in [0.4, 0.5) is 5.13 Å². The normalized spacial score (nSPS) is 11.0. The number of thiazole rings is 1. The fraction of sp³-hybridized carbons (Fsp3) is 0.250. The van der Waals surface area contributed by atoms with Crippen molar-refractivity contribution in [3.05, 3.63) is 75.7 Å². The molecule has 0 fully saturated rings. The maximum atomic E-state index is 12.4. The summed E-state index contributed by atoms with van der Waals surface area (Å²) in [5, 5.41) is 5.90. The summed E-state index contributed by atoms with van der Waals surface area (Å²) < 4.78 is 0. The topological polar surface area (TPSA) is 87.7 Å². The summed E-state index contributed by atoms with van der Waals surface area (Å²) in [5.74, 6) is 0.341. The fourth-order valence-electron chi connectivity index (χ4n) is 3.35. The third kappa shape index (κ3) is 5.24. The molecule has 31 heavy (non-hydrogen) atoms. The number of H-pyrrole nitrogens is 1. The summed E-state index contributed by atoms with van der Waals surface area (Å²) in [4.78, 5) is 36.2. The van der Waals surface area contributed by atoms with E-state index in [1.807, 2.05) is 11.4 Å². The third-order valence-electron chi connectivity index (χ3n) is 5.07. The van der Waals surface area contributed by atoms with Crippen molar-refractivity contribution in [2.45, 2.75) is 39.0 Å². The quantitative estimate of drug-likeness (QED) is 0.412. The van der Waals surface area contributed by atoms with Crippen LogP contribution < -0.4 is 10.9 Å². The average Bonchev–Trinajstić information content (AvgIpc) is 3.25. The second-order valence-electron chi connectivity index (χ2n) is 7.42. The van der Waals surface area contributed by atoms with E-state index in [0.717, 1.165) is 17.7 Å². The minimum Gasteiger partial charge on any atom is -0.310 e. The van der Waals surface area contributed by atoms with Crippen LogP contribution in [0.5, 0.6) is 0 Å². The molecule has 0 unspecified atom stereocenters. The molecule has 7 heteroatoms. The maximum Gasteiger partial charge on any atom is 0.258 e. The summed E-state index contributed by atoms with van der Waals surface area (Å²) in [5.41, 5.74) is 3.66. The number of benzene rings is 2. The monoisotopic (exact) mass is 432 g/mol. The highest BCUT2D eigenvalue weighted by atomic mass is 32.1. The predicted octanol–water partition coefficient (Wildman–Crippen LogP) is 4.96. The number of hydrogen-bond acceptors (Lipinski definition) is 5. The molecule has 0 radical (unpaired) electrons. The number of carbonyl (C=O) groups excluding carboxylic acids is 1. The molecule has 0 saturated heterocycles. The van der Waals surface area contributed by atoms with Crippen LogP contribution in [0.15, 0.2) is 58.7 Å². The van der Waals surface area contributed by atoms with Crippen molar-refractivity contribution in [3.63, 3.8) is 0 Å². The lowest BCUT2D eigenvalue weighted by Crippen LogP contribution is -2.16. The lowest BCUT2D eigenvalue weighted by molar-refractivity contribution is -0.116. The average molecular weight is 433 g/mol. The Labute approximate surface area is 184 Å². The smallest absolute Gasteiger partial charge is 0.258 e. The molecular weight excluding hydrogens is 408 g/mol. The highest BCUT2D eigenvalue weighted by Crippen LogP contribution is 2.25. The zero-order valence-electron chi connectivity index (χ0n) is 17.4. The van der Waals surface area contributed by atoms with Gasteiger partial charge in [0.15, 0.2) is 5.13 Å². The van der Waals surface area contributed by atoms with Crippen molar-refractivity contribution in [1.82, 2.24) is 15.0 Å². The van der Waals surface area contributed by atoms with Gasteiger partial charge in [-0.2, -0.15) is 0 Å². The molecule has 4 aromatic rings. The van der Waals surface area contributed by atoms with E-state index in [1.54, 1.807) is 18.2 Å². The van der Waals surface area contributed by atoms with Crippen LogP contribution in [0.1, 0.15) is 37.6 Å². The Bertz CT molecular complexity index is 1240. The van der Waals surface area contributed by atoms with E-state index in [2.05, 4.69) is 51.5 Å². The van der Waals surface area contributed by atoms with Crippen LogP contribution in [-0.4, -0.2) is 20.9 Å². The van der Waals surface area contributed by atoms with Crippen LogP contribution in [-0.2, 0) is 17.6 Å². The molecule has 2 aromatic carbocycles. The molecular formula is C24H24N4O2S. The highest BCUT2D eigenvalue weighted by Gasteiger charge is 2.10. The number of hydrogen-bond donors (Lipinski definition) is 2. The predicted molar refractivity (Wildman–Crippen MR) is 125 cm³/mol. The minimum absolute atomic E-state index is 0.161. The van der Waals surface area contributed by atoms with E-state index in [9.17, 15) is 9.59 Å². The number of unbranched alkanes of at least 4 members (excludes halogenated alkanes) is 1. The summed E-state index contributed by atoms with van der Waals surface area (Å²) in [6.07, 6.45) is 4.02. The second-order valence-corrected chi connectivity index (χ2v) is 8.27. The van der Waals surface area contributed by atoms with Crippen molar-refractivity contribution in [3.8, 4) is 11.3 Å². The first-order valence-corrected chi connectivity index (χ1v) is 11.3. The highest BCUT2D eigenvalue weighted by molar-refractivity contribution is 7.14. The molecule has 0 aliphatic carbocycles. The zero-order valence-corrected chi connectivity index (χ0v) is 18.2. The van der Waals surface area contributed by atoms with Gasteiger partial charge in [0.05, 0.1) is 16.6 Å². The van der Waals surface area contributed by atoms with Crippen LogP contribution in [0.25, 0.3) is 22.2 Å². The van der Waals surface area contributed by atoms with Crippen molar-refractivity contribution < 1.29 is 4.79 Å². The number of nitrogens with one attached hydrogen (secondary N) is 2. The molecule has 0 saturated carbocycles. The van der Waals surface area contributed by atoms with E-state index in [0.29, 0.717) is 28.3 Å². The van der Waals surface area contributed by atoms with E-state index in [-0.39, 0.29) is 17.9 Å². The van der Waals surface area contributed by atoms with Gasteiger partial charge in [-0.05, 0) is 30.5 Å². The Morgan fingerprint density at radius 1 is 1.06 bits per heavy atom. The van der Waals surface area contributed by atoms with Crippen LogP contribution in [0.3, 0.4) is 0 Å². The summed E-state index contributed by atoms with van der Waals surface area (Å²) in [6.45, 7) is 2.19. The van der Waals surface area contributed by atoms with Crippen molar-refractivity contribution in [1.29, 1.82) is 0 Å². The third-order valence-corrected chi connectivity index (χ3v) is 5.83. The van der Waals surface area contributed by atoms with Crippen molar-refractivity contribution >= 4 is 33.3 Å². The fourth-order valence-corrected chi connectivity index (χ4v) is 4.09. The minimum atomic E-state index is -0.189. The van der Waals surface area contributed by atoms with Gasteiger partial charge in [-0.3, -0.25) is 9.59 Å². The molecule has 2 heterocycles. The number of aromatic amines is 1. The molecule has 4 rings (SSSR count). The molecule has 0 spiro atoms. The molecule has 1 amide bonds. The first-order valence-electron chi connectivity index (χ1n) is 10.4. The van der Waals surface area contributed by atoms with E-state index in [4.69, 9.17) is 0 Å². The molecule has 0 aliphatic heterocycles. The molecule has 0 atom stereocenters. The molecule has 0 aliphatic rings. The first-order chi connectivity index (χ1) is 15.1. The van der Waals surface area contributed by atoms with Crippen LogP contribution in [0.2, 0.25) is 0 Å². The summed E-state index contributed by atoms with van der Waals surface area (Å²) >= 11 is 1.40. The van der Waals surface area contributed by atoms with Gasteiger partial charge in [-0.15, -0.1) is 11.3 Å². The maximum absolute atomic E-state index is 12.4. The van der Waals surface area contributed by atoms with Gasteiger partial charge in [0.2, 0.25) is 5.91 Å². The number of nitrogens with zero attached hydrogens (tertiary/aromatic N) is 2. The Morgan fingerprint density at radius 2 is 1.87 bits per heavy atom. The number of amides is 1. The van der Waals surface area contributed by atoms with Crippen LogP contribution in [0, 0.1) is 0 Å². The van der Waals surface area contributed by atoms with Crippen molar-refractivity contribution in [2.24, 2.45) is 0 Å². The first kappa shape index (κ1) is 20.9. The lowest BCUT2D eigenvalue weighted by Gasteiger charge is -2.04. The number of anilines is 1. The lowest BCUT2D eigenvalue weighted by atomic mass is 10.1. The number of aryl methyl sites for hydroxylation is 2. The standard InChI is InChI=1S/C24H24N4O2S/c1-2-3-6-16-9-11-17(12-10-16)20-15-31-24(26-20)28-22(29)14-13-21-25-19-8-5-4-7-18(19)23(30)27-21/h4-5,7-12,15H,2-3,6,13-14H2,1H3,(H,25,27,30)(H,26,28,29). The number of para-hydroxylation sites is 1. The summed E-state index contributed by atoms with van der Waals surface area (Å²) in [6, 6.07) is 15.6. The van der Waals surface area contributed by atoms with E-state index >= 15 is 0 Å². The number of fused-ring (bicyclic) bond motifs is 1. The Kier molecular flexibility index (Phi) is 6.52. The Hall–Kier alpha value is -3.32. The van der Waals surface area contributed by atoms with Crippen LogP contribution >= 0.6 is 11.3 Å². The molecule has 2 N–H and O–H groups in total. The Morgan fingerprint density at radius 3 is 2.68 bits per heavy atom.